The van der Waals surface area contributed by atoms with E-state index in [9.17, 15) is 18.0 Å². The first-order valence-electron chi connectivity index (χ1n) is 12.6. The molecule has 35 heavy (non-hydrogen) atoms. The maximum atomic E-state index is 13.0. The van der Waals surface area contributed by atoms with Crippen molar-refractivity contribution in [1.82, 2.24) is 14.8 Å². The molecule has 0 bridgehead atoms. The second-order valence-corrected chi connectivity index (χ2v) is 10.0. The lowest BCUT2D eigenvalue weighted by molar-refractivity contribution is -0.138. The lowest BCUT2D eigenvalue weighted by Gasteiger charge is -2.35. The summed E-state index contributed by atoms with van der Waals surface area (Å²) >= 11 is 0. The van der Waals surface area contributed by atoms with E-state index in [2.05, 4.69) is 46.4 Å². The summed E-state index contributed by atoms with van der Waals surface area (Å²) in [7, 11) is 0. The maximum Gasteiger partial charge on any atom is 0.417 e. The molecule has 5 nitrogen and oxygen atoms in total. The summed E-state index contributed by atoms with van der Waals surface area (Å²) in [6.45, 7) is 6.14. The molecule has 1 aromatic heterocycles. The summed E-state index contributed by atoms with van der Waals surface area (Å²) < 4.78 is 39.0. The van der Waals surface area contributed by atoms with Gasteiger partial charge in [0.2, 0.25) is 5.91 Å². The smallest absolute Gasteiger partial charge is 0.382 e. The number of aromatic nitrogens is 1. The molecule has 1 amide bonds. The summed E-state index contributed by atoms with van der Waals surface area (Å²) in [4.78, 5) is 20.9. The predicted octanol–water partition coefficient (Wildman–Crippen LogP) is 5.16. The molecule has 2 aliphatic heterocycles. The van der Waals surface area contributed by atoms with E-state index in [1.165, 1.54) is 17.8 Å². The third-order valence-electron chi connectivity index (χ3n) is 7.17. The van der Waals surface area contributed by atoms with Gasteiger partial charge >= 0.3 is 6.18 Å². The van der Waals surface area contributed by atoms with Gasteiger partial charge < -0.3 is 15.1 Å². The molecule has 8 heteroatoms. The SMILES string of the molecule is Cc1ccc(NC2CCN(CCC(=O)N3CCC[C@H](Cc4cncc(C(F)(F)F)c4)C3)CC2)cc1. The van der Waals surface area contributed by atoms with E-state index in [4.69, 9.17) is 0 Å². The Morgan fingerprint density at radius 3 is 2.54 bits per heavy atom. The topological polar surface area (TPSA) is 48.5 Å². The Bertz CT molecular complexity index is 971. The zero-order chi connectivity index (χ0) is 24.8. The van der Waals surface area contributed by atoms with E-state index in [1.54, 1.807) is 0 Å². The molecular formula is C27H35F3N4O. The van der Waals surface area contributed by atoms with Gasteiger partial charge in [-0.15, -0.1) is 0 Å². The fraction of sp³-hybridized carbons (Fsp3) is 0.556. The van der Waals surface area contributed by atoms with Gasteiger partial charge in [0.1, 0.15) is 0 Å². The number of amides is 1. The van der Waals surface area contributed by atoms with Crippen LogP contribution in [0.2, 0.25) is 0 Å². The van der Waals surface area contributed by atoms with E-state index in [1.807, 2.05) is 4.90 Å². The number of benzene rings is 1. The summed E-state index contributed by atoms with van der Waals surface area (Å²) in [5.41, 5.74) is 2.28. The first kappa shape index (κ1) is 25.5. The first-order valence-corrected chi connectivity index (χ1v) is 12.6. The van der Waals surface area contributed by atoms with Crippen molar-refractivity contribution >= 4 is 11.6 Å². The van der Waals surface area contributed by atoms with Crippen LogP contribution in [-0.4, -0.2) is 59.5 Å². The second kappa shape index (κ2) is 11.4. The standard InChI is InChI=1S/C27H35F3N4O/c1-20-4-6-24(7-5-20)32-25-8-12-33(13-9-25)14-10-26(35)34-11-2-3-21(19-34)15-22-16-23(18-31-17-22)27(28,29)30/h4-7,16-18,21,25,32H,2-3,8-15,19H2,1H3/t21-/m1/s1. The van der Waals surface area contributed by atoms with E-state index in [0.717, 1.165) is 63.7 Å². The number of nitrogens with zero attached hydrogens (tertiary/aromatic N) is 3. The molecule has 0 aliphatic carbocycles. The molecule has 0 spiro atoms. The molecule has 1 N–H and O–H groups in total. The van der Waals surface area contributed by atoms with Crippen molar-refractivity contribution in [3.05, 3.63) is 59.4 Å². The van der Waals surface area contributed by atoms with Gasteiger partial charge in [0.05, 0.1) is 5.56 Å². The molecule has 1 aromatic carbocycles. The number of carbonyl (C=O) groups excluding carboxylic acids is 1. The van der Waals surface area contributed by atoms with Crippen molar-refractivity contribution in [3.63, 3.8) is 0 Å². The van der Waals surface area contributed by atoms with Crippen molar-refractivity contribution in [2.45, 2.75) is 57.7 Å². The highest BCUT2D eigenvalue weighted by molar-refractivity contribution is 5.76. The fourth-order valence-electron chi connectivity index (χ4n) is 5.14. The Balaban J connectivity index is 1.19. The molecule has 3 heterocycles. The van der Waals surface area contributed by atoms with Crippen molar-refractivity contribution in [1.29, 1.82) is 0 Å². The Morgan fingerprint density at radius 1 is 1.09 bits per heavy atom. The summed E-state index contributed by atoms with van der Waals surface area (Å²) in [5.74, 6) is 0.318. The minimum atomic E-state index is -4.39. The van der Waals surface area contributed by atoms with E-state index in [-0.39, 0.29) is 11.8 Å². The summed E-state index contributed by atoms with van der Waals surface area (Å²) in [6.07, 6.45) is 2.91. The Labute approximate surface area is 205 Å². The molecule has 1 atom stereocenters. The van der Waals surface area contributed by atoms with Crippen LogP contribution in [0.3, 0.4) is 0 Å². The highest BCUT2D eigenvalue weighted by Gasteiger charge is 2.31. The van der Waals surface area contributed by atoms with Gasteiger partial charge in [-0.1, -0.05) is 17.7 Å². The Kier molecular flexibility index (Phi) is 8.31. The number of rotatable bonds is 7. The van der Waals surface area contributed by atoms with Crippen molar-refractivity contribution in [2.75, 3.05) is 38.0 Å². The van der Waals surface area contributed by atoms with Gasteiger partial charge in [0.15, 0.2) is 0 Å². The van der Waals surface area contributed by atoms with Crippen LogP contribution in [0.4, 0.5) is 18.9 Å². The van der Waals surface area contributed by atoms with E-state index in [0.29, 0.717) is 31.0 Å². The van der Waals surface area contributed by atoms with Crippen LogP contribution in [-0.2, 0) is 17.4 Å². The van der Waals surface area contributed by atoms with Crippen molar-refractivity contribution in [3.8, 4) is 0 Å². The Hall–Kier alpha value is -2.61. The number of halogens is 3. The molecule has 2 fully saturated rings. The zero-order valence-corrected chi connectivity index (χ0v) is 20.4. The van der Waals surface area contributed by atoms with Gasteiger partial charge in [-0.2, -0.15) is 13.2 Å². The first-order chi connectivity index (χ1) is 16.8. The lowest BCUT2D eigenvalue weighted by atomic mass is 9.91. The van der Waals surface area contributed by atoms with Crippen molar-refractivity contribution in [2.24, 2.45) is 5.92 Å². The molecule has 0 unspecified atom stereocenters. The molecule has 2 saturated heterocycles. The average molecular weight is 489 g/mol. The van der Waals surface area contributed by atoms with Gasteiger partial charge in [0, 0.05) is 63.3 Å². The van der Waals surface area contributed by atoms with Crippen LogP contribution in [0, 0.1) is 12.8 Å². The van der Waals surface area contributed by atoms with Crippen LogP contribution in [0.15, 0.2) is 42.7 Å². The molecule has 0 radical (unpaired) electrons. The number of aryl methyl sites for hydroxylation is 1. The largest absolute Gasteiger partial charge is 0.417 e. The van der Waals surface area contributed by atoms with Crippen LogP contribution in [0.25, 0.3) is 0 Å². The number of piperidine rings is 2. The molecular weight excluding hydrogens is 453 g/mol. The molecule has 4 rings (SSSR count). The highest BCUT2D eigenvalue weighted by atomic mass is 19.4. The van der Waals surface area contributed by atoms with Gasteiger partial charge in [-0.05, 0) is 68.7 Å². The number of hydrogen-bond acceptors (Lipinski definition) is 4. The summed E-state index contributed by atoms with van der Waals surface area (Å²) in [5, 5.41) is 3.61. The minimum absolute atomic E-state index is 0.150. The highest BCUT2D eigenvalue weighted by Crippen LogP contribution is 2.30. The third-order valence-corrected chi connectivity index (χ3v) is 7.17. The number of pyridine rings is 1. The average Bonchev–Trinajstić information content (AvgIpc) is 2.85. The van der Waals surface area contributed by atoms with Crippen LogP contribution < -0.4 is 5.32 Å². The lowest BCUT2D eigenvalue weighted by Crippen LogP contribution is -2.43. The Morgan fingerprint density at radius 2 is 1.83 bits per heavy atom. The summed E-state index contributed by atoms with van der Waals surface area (Å²) in [6, 6.07) is 10.1. The fourth-order valence-corrected chi connectivity index (χ4v) is 5.14. The van der Waals surface area contributed by atoms with E-state index < -0.39 is 11.7 Å². The van der Waals surface area contributed by atoms with Gasteiger partial charge in [-0.3, -0.25) is 9.78 Å². The van der Waals surface area contributed by atoms with Gasteiger partial charge in [0.25, 0.3) is 0 Å². The quantitative estimate of drug-likeness (QED) is 0.585. The molecule has 2 aliphatic rings. The van der Waals surface area contributed by atoms with Crippen LogP contribution >= 0.6 is 0 Å². The van der Waals surface area contributed by atoms with Crippen LogP contribution in [0.5, 0.6) is 0 Å². The monoisotopic (exact) mass is 488 g/mol. The minimum Gasteiger partial charge on any atom is -0.382 e. The van der Waals surface area contributed by atoms with Gasteiger partial charge in [-0.25, -0.2) is 0 Å². The van der Waals surface area contributed by atoms with E-state index >= 15 is 0 Å². The number of anilines is 1. The predicted molar refractivity (Wildman–Crippen MR) is 131 cm³/mol. The number of nitrogens with one attached hydrogen (secondary N) is 1. The number of alkyl halides is 3. The molecule has 2 aromatic rings. The maximum absolute atomic E-state index is 13.0. The number of carbonyl (C=O) groups is 1. The number of hydrogen-bond donors (Lipinski definition) is 1. The van der Waals surface area contributed by atoms with Crippen LogP contribution in [0.1, 0.15) is 48.8 Å². The zero-order valence-electron chi connectivity index (χ0n) is 20.4. The number of likely N-dealkylation sites (tertiary alicyclic amines) is 2. The molecule has 190 valence electrons. The normalized spacial score (nSPS) is 20.1. The third kappa shape index (κ3) is 7.43. The molecule has 0 saturated carbocycles. The van der Waals surface area contributed by atoms with Crippen molar-refractivity contribution < 1.29 is 18.0 Å². The second-order valence-electron chi connectivity index (χ2n) is 10.0.